The maximum atomic E-state index is 3.99. The molecule has 0 aromatic heterocycles. The molecule has 0 aliphatic rings. The molecule has 0 saturated carbocycles. The topological polar surface area (TPSA) is 12.4 Å². The van der Waals surface area contributed by atoms with Crippen molar-refractivity contribution in [3.05, 3.63) is 33.8 Å². The molecule has 0 aliphatic heterocycles. The minimum atomic E-state index is 0.183. The number of nitrogens with zero attached hydrogens (tertiary/aromatic N) is 1. The zero-order valence-electron chi connectivity index (χ0n) is 7.34. The summed E-state index contributed by atoms with van der Waals surface area (Å²) in [4.78, 5) is 3.99. The Morgan fingerprint density at radius 3 is 2.75 bits per heavy atom. The van der Waals surface area contributed by atoms with Crippen molar-refractivity contribution >= 4 is 22.6 Å². The van der Waals surface area contributed by atoms with Gasteiger partial charge in [-0.2, -0.15) is 0 Å². The lowest BCUT2D eigenvalue weighted by atomic mass is 10.0. The van der Waals surface area contributed by atoms with Gasteiger partial charge in [0, 0.05) is 4.47 Å². The standard InChI is InChI=1S/C10H12BrN/c1-7-9(8(2)12-3)5-4-6-10(7)11/h4-6,8H,3H2,1-2H3/t8-/m1/s1. The number of rotatable bonds is 2. The van der Waals surface area contributed by atoms with Gasteiger partial charge in [0.05, 0.1) is 6.04 Å². The molecule has 0 spiro atoms. The van der Waals surface area contributed by atoms with Crippen LogP contribution in [0, 0.1) is 6.92 Å². The normalized spacial score (nSPS) is 12.6. The second-order valence-electron chi connectivity index (χ2n) is 2.81. The third-order valence-electron chi connectivity index (χ3n) is 2.03. The molecule has 0 radical (unpaired) electrons. The summed E-state index contributed by atoms with van der Waals surface area (Å²) in [5, 5.41) is 0. The van der Waals surface area contributed by atoms with E-state index < -0.39 is 0 Å². The van der Waals surface area contributed by atoms with Crippen LogP contribution in [0.2, 0.25) is 0 Å². The molecule has 0 N–H and O–H groups in total. The van der Waals surface area contributed by atoms with Gasteiger partial charge in [0.15, 0.2) is 0 Å². The van der Waals surface area contributed by atoms with Crippen LogP contribution in [0.3, 0.4) is 0 Å². The summed E-state index contributed by atoms with van der Waals surface area (Å²) in [5.74, 6) is 0. The third-order valence-corrected chi connectivity index (χ3v) is 2.89. The van der Waals surface area contributed by atoms with Crippen LogP contribution in [0.1, 0.15) is 24.1 Å². The van der Waals surface area contributed by atoms with Crippen LogP contribution in [-0.4, -0.2) is 6.72 Å². The van der Waals surface area contributed by atoms with Gasteiger partial charge in [-0.05, 0) is 37.8 Å². The van der Waals surface area contributed by atoms with Crippen molar-refractivity contribution in [1.29, 1.82) is 0 Å². The van der Waals surface area contributed by atoms with Crippen molar-refractivity contribution < 1.29 is 0 Å². The second-order valence-corrected chi connectivity index (χ2v) is 3.67. The van der Waals surface area contributed by atoms with Crippen LogP contribution < -0.4 is 0 Å². The Labute approximate surface area is 81.7 Å². The first-order chi connectivity index (χ1) is 5.66. The fourth-order valence-corrected chi connectivity index (χ4v) is 1.56. The van der Waals surface area contributed by atoms with Crippen LogP contribution in [0.15, 0.2) is 27.7 Å². The van der Waals surface area contributed by atoms with Gasteiger partial charge in [0.2, 0.25) is 0 Å². The first-order valence-corrected chi connectivity index (χ1v) is 4.67. The summed E-state index contributed by atoms with van der Waals surface area (Å²) in [6.07, 6.45) is 0. The summed E-state index contributed by atoms with van der Waals surface area (Å²) in [6.45, 7) is 7.67. The predicted octanol–water partition coefficient (Wildman–Crippen LogP) is 3.52. The highest BCUT2D eigenvalue weighted by atomic mass is 79.9. The van der Waals surface area contributed by atoms with E-state index in [4.69, 9.17) is 0 Å². The van der Waals surface area contributed by atoms with Crippen LogP contribution in [0.4, 0.5) is 0 Å². The predicted molar refractivity (Wildman–Crippen MR) is 56.8 cm³/mol. The molecular formula is C10H12BrN. The third kappa shape index (κ3) is 1.75. The average Bonchev–Trinajstić information content (AvgIpc) is 2.08. The van der Waals surface area contributed by atoms with Crippen LogP contribution >= 0.6 is 15.9 Å². The van der Waals surface area contributed by atoms with Gasteiger partial charge in [0.1, 0.15) is 0 Å². The molecule has 1 nitrogen and oxygen atoms in total. The van der Waals surface area contributed by atoms with E-state index >= 15 is 0 Å². The van der Waals surface area contributed by atoms with Crippen molar-refractivity contribution in [3.63, 3.8) is 0 Å². The van der Waals surface area contributed by atoms with Crippen molar-refractivity contribution in [2.24, 2.45) is 4.99 Å². The summed E-state index contributed by atoms with van der Waals surface area (Å²) in [6, 6.07) is 6.32. The number of benzene rings is 1. The Morgan fingerprint density at radius 2 is 2.17 bits per heavy atom. The van der Waals surface area contributed by atoms with Gasteiger partial charge >= 0.3 is 0 Å². The summed E-state index contributed by atoms with van der Waals surface area (Å²) < 4.78 is 1.13. The van der Waals surface area contributed by atoms with Gasteiger partial charge in [-0.3, -0.25) is 4.99 Å². The van der Waals surface area contributed by atoms with Crippen LogP contribution in [0.25, 0.3) is 0 Å². The van der Waals surface area contributed by atoms with E-state index in [1.807, 2.05) is 19.1 Å². The van der Waals surface area contributed by atoms with E-state index in [9.17, 15) is 0 Å². The summed E-state index contributed by atoms with van der Waals surface area (Å²) in [5.41, 5.74) is 2.48. The molecule has 0 heterocycles. The summed E-state index contributed by atoms with van der Waals surface area (Å²) in [7, 11) is 0. The Morgan fingerprint density at radius 1 is 1.50 bits per heavy atom. The first-order valence-electron chi connectivity index (χ1n) is 3.87. The van der Waals surface area contributed by atoms with Gasteiger partial charge in [-0.25, -0.2) is 0 Å². The molecule has 1 aromatic carbocycles. The smallest absolute Gasteiger partial charge is 0.0716 e. The molecule has 0 aliphatic carbocycles. The lowest BCUT2D eigenvalue weighted by Crippen LogP contribution is -1.93. The molecule has 0 saturated heterocycles. The van der Waals surface area contributed by atoms with Gasteiger partial charge in [0.25, 0.3) is 0 Å². The first kappa shape index (κ1) is 9.46. The molecule has 2 heteroatoms. The monoisotopic (exact) mass is 225 g/mol. The Balaban J connectivity index is 3.15. The van der Waals surface area contributed by atoms with Crippen molar-refractivity contribution in [2.45, 2.75) is 19.9 Å². The van der Waals surface area contributed by atoms with Gasteiger partial charge in [-0.15, -0.1) is 0 Å². The van der Waals surface area contributed by atoms with E-state index in [1.165, 1.54) is 11.1 Å². The number of hydrogen-bond donors (Lipinski definition) is 0. The minimum Gasteiger partial charge on any atom is -0.293 e. The van der Waals surface area contributed by atoms with E-state index in [1.54, 1.807) is 0 Å². The Kier molecular flexibility index (Phi) is 3.04. The maximum absolute atomic E-state index is 3.99. The minimum absolute atomic E-state index is 0.183. The molecule has 1 atom stereocenters. The molecule has 64 valence electrons. The molecule has 1 rings (SSSR count). The average molecular weight is 226 g/mol. The highest BCUT2D eigenvalue weighted by Crippen LogP contribution is 2.25. The summed E-state index contributed by atoms with van der Waals surface area (Å²) >= 11 is 3.48. The fourth-order valence-electron chi connectivity index (χ4n) is 1.18. The van der Waals surface area contributed by atoms with Crippen molar-refractivity contribution in [2.75, 3.05) is 0 Å². The van der Waals surface area contributed by atoms with Crippen LogP contribution in [-0.2, 0) is 0 Å². The molecule has 0 amide bonds. The Hall–Kier alpha value is -0.630. The number of hydrogen-bond acceptors (Lipinski definition) is 1. The van der Waals surface area contributed by atoms with Gasteiger partial charge < -0.3 is 0 Å². The highest BCUT2D eigenvalue weighted by molar-refractivity contribution is 9.10. The van der Waals surface area contributed by atoms with E-state index in [0.29, 0.717) is 0 Å². The second kappa shape index (κ2) is 3.85. The van der Waals surface area contributed by atoms with Crippen LogP contribution in [0.5, 0.6) is 0 Å². The zero-order valence-corrected chi connectivity index (χ0v) is 8.93. The number of halogens is 1. The van der Waals surface area contributed by atoms with E-state index in [-0.39, 0.29) is 6.04 Å². The molecule has 1 aromatic rings. The molecule has 0 unspecified atom stereocenters. The van der Waals surface area contributed by atoms with E-state index in [2.05, 4.69) is 40.6 Å². The molecule has 0 fully saturated rings. The molecule has 12 heavy (non-hydrogen) atoms. The lowest BCUT2D eigenvalue weighted by molar-refractivity contribution is 0.818. The van der Waals surface area contributed by atoms with E-state index in [0.717, 1.165) is 4.47 Å². The van der Waals surface area contributed by atoms with Gasteiger partial charge in [-0.1, -0.05) is 28.1 Å². The number of aliphatic imine (C=N–C) groups is 1. The molecule has 0 bridgehead atoms. The van der Waals surface area contributed by atoms with Crippen molar-refractivity contribution in [1.82, 2.24) is 0 Å². The van der Waals surface area contributed by atoms with Crippen molar-refractivity contribution in [3.8, 4) is 0 Å². The Bertz CT molecular complexity index is 294. The highest BCUT2D eigenvalue weighted by Gasteiger charge is 2.06. The maximum Gasteiger partial charge on any atom is 0.0716 e. The quantitative estimate of drug-likeness (QED) is 0.684. The largest absolute Gasteiger partial charge is 0.293 e. The zero-order chi connectivity index (χ0) is 9.14. The molecular weight excluding hydrogens is 214 g/mol. The fraction of sp³-hybridized carbons (Fsp3) is 0.300. The lowest BCUT2D eigenvalue weighted by Gasteiger charge is -2.10. The SMILES string of the molecule is C=N[C@H](C)c1cccc(Br)c1C.